The Hall–Kier alpha value is -2.05. The van der Waals surface area contributed by atoms with Gasteiger partial charge in [-0.3, -0.25) is 4.79 Å². The van der Waals surface area contributed by atoms with Crippen LogP contribution in [0.2, 0.25) is 0 Å². The van der Waals surface area contributed by atoms with Crippen LogP contribution in [-0.4, -0.2) is 38.7 Å². The van der Waals surface area contributed by atoms with Gasteiger partial charge < -0.3 is 20.3 Å². The Balaban J connectivity index is 1.71. The minimum absolute atomic E-state index is 0.00451. The fourth-order valence-corrected chi connectivity index (χ4v) is 2.85. The highest BCUT2D eigenvalue weighted by Gasteiger charge is 2.37. The van der Waals surface area contributed by atoms with Crippen LogP contribution >= 0.6 is 0 Å². The number of hydrogen-bond donors (Lipinski definition) is 3. The minimum Gasteiger partial charge on any atom is -0.481 e. The molecule has 3 N–H and O–H groups in total. The largest absolute Gasteiger partial charge is 0.481 e. The zero-order chi connectivity index (χ0) is 15.1. The Morgan fingerprint density at radius 1 is 1.33 bits per heavy atom. The second kappa shape index (κ2) is 7.10. The summed E-state index contributed by atoms with van der Waals surface area (Å²) >= 11 is 0. The van der Waals surface area contributed by atoms with Crippen LogP contribution < -0.4 is 10.6 Å². The summed E-state index contributed by atoms with van der Waals surface area (Å²) in [5, 5.41) is 14.7. The first-order valence-electron chi connectivity index (χ1n) is 7.33. The van der Waals surface area contributed by atoms with Crippen LogP contribution in [0.3, 0.4) is 0 Å². The molecule has 2 amide bonds. The zero-order valence-electron chi connectivity index (χ0n) is 12.0. The highest BCUT2D eigenvalue weighted by Crippen LogP contribution is 2.32. The van der Waals surface area contributed by atoms with Crippen molar-refractivity contribution in [3.05, 3.63) is 18.7 Å². The number of aryl methyl sites for hydroxylation is 1. The molecule has 2 rings (SSSR count). The molecule has 7 nitrogen and oxygen atoms in total. The van der Waals surface area contributed by atoms with Gasteiger partial charge in [-0.25, -0.2) is 9.78 Å². The number of nitrogens with one attached hydrogen (secondary N) is 2. The van der Waals surface area contributed by atoms with Crippen LogP contribution in [0.15, 0.2) is 18.7 Å². The standard InChI is InChI=1S/C14H22N4O3/c19-12(20)10-14(4-1-2-5-14)17-13(21)16-6-3-8-18-9-7-15-11-18/h7,9,11H,1-6,8,10H2,(H,19,20)(H2,16,17,21). The lowest BCUT2D eigenvalue weighted by molar-refractivity contribution is -0.138. The van der Waals surface area contributed by atoms with E-state index in [1.165, 1.54) is 0 Å². The molecule has 0 bridgehead atoms. The molecule has 1 aliphatic carbocycles. The van der Waals surface area contributed by atoms with E-state index in [1.807, 2.05) is 10.8 Å². The van der Waals surface area contributed by atoms with E-state index in [1.54, 1.807) is 12.5 Å². The van der Waals surface area contributed by atoms with Gasteiger partial charge in [-0.15, -0.1) is 0 Å². The molecule has 0 saturated heterocycles. The summed E-state index contributed by atoms with van der Waals surface area (Å²) in [6.07, 6.45) is 9.54. The van der Waals surface area contributed by atoms with Crippen molar-refractivity contribution in [3.8, 4) is 0 Å². The van der Waals surface area contributed by atoms with Gasteiger partial charge >= 0.3 is 12.0 Å². The Kier molecular flexibility index (Phi) is 5.19. The lowest BCUT2D eigenvalue weighted by atomic mass is 9.93. The van der Waals surface area contributed by atoms with Crippen molar-refractivity contribution in [3.63, 3.8) is 0 Å². The summed E-state index contributed by atoms with van der Waals surface area (Å²) in [7, 11) is 0. The highest BCUT2D eigenvalue weighted by molar-refractivity contribution is 5.76. The van der Waals surface area contributed by atoms with E-state index in [2.05, 4.69) is 15.6 Å². The molecule has 7 heteroatoms. The lowest BCUT2D eigenvalue weighted by Crippen LogP contribution is -2.51. The molecule has 1 aromatic rings. The molecule has 0 aromatic carbocycles. The maximum atomic E-state index is 11.9. The van der Waals surface area contributed by atoms with Crippen molar-refractivity contribution < 1.29 is 14.7 Å². The van der Waals surface area contributed by atoms with Gasteiger partial charge in [-0.05, 0) is 19.3 Å². The van der Waals surface area contributed by atoms with Gasteiger partial charge in [0.25, 0.3) is 0 Å². The van der Waals surface area contributed by atoms with Crippen molar-refractivity contribution in [1.29, 1.82) is 0 Å². The summed E-state index contributed by atoms with van der Waals surface area (Å²) in [5.74, 6) is -0.864. The first-order chi connectivity index (χ1) is 10.1. The monoisotopic (exact) mass is 294 g/mol. The normalized spacial score (nSPS) is 16.6. The number of urea groups is 1. The summed E-state index contributed by atoms with van der Waals surface area (Å²) < 4.78 is 1.95. The Labute approximate surface area is 123 Å². The number of carboxylic acid groups (broad SMARTS) is 1. The molecule has 1 heterocycles. The fourth-order valence-electron chi connectivity index (χ4n) is 2.85. The molecule has 0 atom stereocenters. The minimum atomic E-state index is -0.864. The van der Waals surface area contributed by atoms with Crippen molar-refractivity contribution in [2.24, 2.45) is 0 Å². The Bertz CT molecular complexity index is 467. The molecule has 0 spiro atoms. The second-order valence-electron chi connectivity index (χ2n) is 5.59. The number of nitrogens with zero attached hydrogens (tertiary/aromatic N) is 2. The number of amides is 2. The zero-order valence-corrected chi connectivity index (χ0v) is 12.0. The van der Waals surface area contributed by atoms with Crippen molar-refractivity contribution in [1.82, 2.24) is 20.2 Å². The van der Waals surface area contributed by atoms with Crippen LogP contribution in [0, 0.1) is 0 Å². The van der Waals surface area contributed by atoms with E-state index >= 15 is 0 Å². The number of carbonyl (C=O) groups is 2. The number of hydrogen-bond acceptors (Lipinski definition) is 3. The first kappa shape index (κ1) is 15.3. The number of rotatable bonds is 7. The molecule has 1 aromatic heterocycles. The van der Waals surface area contributed by atoms with Gasteiger partial charge in [0.1, 0.15) is 0 Å². The maximum absolute atomic E-state index is 11.9. The van der Waals surface area contributed by atoms with Crippen LogP contribution in [0.5, 0.6) is 0 Å². The van der Waals surface area contributed by atoms with Crippen molar-refractivity contribution >= 4 is 12.0 Å². The van der Waals surface area contributed by atoms with E-state index in [0.717, 1.165) is 38.6 Å². The molecule has 1 aliphatic rings. The predicted octanol–water partition coefficient (Wildman–Crippen LogP) is 1.36. The smallest absolute Gasteiger partial charge is 0.315 e. The van der Waals surface area contributed by atoms with Crippen molar-refractivity contribution in [2.75, 3.05) is 6.54 Å². The van der Waals surface area contributed by atoms with Gasteiger partial charge in [0, 0.05) is 25.5 Å². The second-order valence-corrected chi connectivity index (χ2v) is 5.59. The summed E-state index contributed by atoms with van der Waals surface area (Å²) in [5.41, 5.74) is -0.569. The quantitative estimate of drug-likeness (QED) is 0.662. The van der Waals surface area contributed by atoms with E-state index in [9.17, 15) is 9.59 Å². The van der Waals surface area contributed by atoms with Gasteiger partial charge in [0.2, 0.25) is 0 Å². The van der Waals surface area contributed by atoms with Crippen molar-refractivity contribution in [2.45, 2.75) is 50.6 Å². The molecule has 21 heavy (non-hydrogen) atoms. The predicted molar refractivity (Wildman–Crippen MR) is 76.8 cm³/mol. The molecular weight excluding hydrogens is 272 g/mol. The van der Waals surface area contributed by atoms with E-state index in [4.69, 9.17) is 5.11 Å². The number of carboxylic acids is 1. The lowest BCUT2D eigenvalue weighted by Gasteiger charge is -2.28. The molecule has 1 saturated carbocycles. The third-order valence-electron chi connectivity index (χ3n) is 3.87. The van der Waals surface area contributed by atoms with Crippen LogP contribution in [0.25, 0.3) is 0 Å². The van der Waals surface area contributed by atoms with Gasteiger partial charge in [-0.1, -0.05) is 12.8 Å². The molecule has 1 fully saturated rings. The number of aromatic nitrogens is 2. The fraction of sp³-hybridized carbons (Fsp3) is 0.643. The molecule has 0 unspecified atom stereocenters. The van der Waals surface area contributed by atoms with Gasteiger partial charge in [-0.2, -0.15) is 0 Å². The highest BCUT2D eigenvalue weighted by atomic mass is 16.4. The topological polar surface area (TPSA) is 96.3 Å². The average molecular weight is 294 g/mol. The van der Waals surface area contributed by atoms with Crippen LogP contribution in [0.4, 0.5) is 4.79 Å². The van der Waals surface area contributed by atoms with E-state index in [-0.39, 0.29) is 12.5 Å². The third kappa shape index (κ3) is 4.77. The average Bonchev–Trinajstić information content (AvgIpc) is 3.06. The van der Waals surface area contributed by atoms with Crippen LogP contribution in [0.1, 0.15) is 38.5 Å². The van der Waals surface area contributed by atoms with E-state index < -0.39 is 11.5 Å². The molecule has 0 aliphatic heterocycles. The Morgan fingerprint density at radius 2 is 2.10 bits per heavy atom. The molecule has 116 valence electrons. The molecular formula is C14H22N4O3. The number of carbonyl (C=O) groups excluding carboxylic acids is 1. The third-order valence-corrected chi connectivity index (χ3v) is 3.87. The van der Waals surface area contributed by atoms with Gasteiger partial charge in [0.15, 0.2) is 0 Å². The van der Waals surface area contributed by atoms with Gasteiger partial charge in [0.05, 0.1) is 18.3 Å². The number of aliphatic carboxylic acids is 1. The number of imidazole rings is 1. The summed E-state index contributed by atoms with van der Waals surface area (Å²) in [6.45, 7) is 1.34. The van der Waals surface area contributed by atoms with Crippen LogP contribution in [-0.2, 0) is 11.3 Å². The summed E-state index contributed by atoms with van der Waals surface area (Å²) in [4.78, 5) is 26.8. The SMILES string of the molecule is O=C(O)CC1(NC(=O)NCCCn2ccnc2)CCCC1. The Morgan fingerprint density at radius 3 is 2.71 bits per heavy atom. The molecule has 0 radical (unpaired) electrons. The summed E-state index contributed by atoms with van der Waals surface area (Å²) in [6, 6.07) is -0.274. The first-order valence-corrected chi connectivity index (χ1v) is 7.33. The van der Waals surface area contributed by atoms with E-state index in [0.29, 0.717) is 6.54 Å². The maximum Gasteiger partial charge on any atom is 0.315 e.